The predicted molar refractivity (Wildman–Crippen MR) is 126 cm³/mol. The van der Waals surface area contributed by atoms with Crippen LogP contribution in [0.3, 0.4) is 0 Å². The first-order valence-electron chi connectivity index (χ1n) is 10.2. The molecule has 0 aliphatic carbocycles. The molecule has 0 amide bonds. The average Bonchev–Trinajstić information content (AvgIpc) is 2.76. The number of rotatable bonds is 2. The fourth-order valence-electron chi connectivity index (χ4n) is 4.50. The van der Waals surface area contributed by atoms with Crippen molar-refractivity contribution in [2.24, 2.45) is 0 Å². The third kappa shape index (κ3) is 2.85. The van der Waals surface area contributed by atoms with E-state index in [9.17, 15) is 0 Å². The van der Waals surface area contributed by atoms with Crippen LogP contribution in [0, 0.1) is 0 Å². The van der Waals surface area contributed by atoms with E-state index in [1.54, 1.807) is 0 Å². The van der Waals surface area contributed by atoms with Gasteiger partial charge >= 0.3 is 0 Å². The Balaban J connectivity index is 1.58. The molecule has 0 aromatic heterocycles. The first kappa shape index (κ1) is 16.3. The molecule has 0 fully saturated rings. The molecule has 0 saturated heterocycles. The van der Waals surface area contributed by atoms with Gasteiger partial charge in [-0.1, -0.05) is 72.8 Å². The molecule has 0 nitrogen and oxygen atoms in total. The monoisotopic (exact) mass is 368 g/mol. The van der Waals surface area contributed by atoms with E-state index in [0.29, 0.717) is 0 Å². The summed E-state index contributed by atoms with van der Waals surface area (Å²) in [5.74, 6) is 0. The Morgan fingerprint density at radius 3 is 1.59 bits per heavy atom. The van der Waals surface area contributed by atoms with Crippen LogP contribution in [0.2, 0.25) is 0 Å². The van der Waals surface area contributed by atoms with E-state index in [2.05, 4.69) is 109 Å². The molecule has 0 unspecified atom stereocenters. The molecule has 6 aromatic rings. The fourth-order valence-corrected chi connectivity index (χ4v) is 4.50. The van der Waals surface area contributed by atoms with Crippen molar-refractivity contribution >= 4 is 43.1 Å². The zero-order valence-corrected chi connectivity index (χ0v) is 16.1. The van der Waals surface area contributed by atoms with Crippen molar-refractivity contribution in [1.29, 1.82) is 0 Å². The van der Waals surface area contributed by atoms with Gasteiger partial charge in [-0.2, -0.15) is 0 Å². The number of benzene rings is 6. The van der Waals surface area contributed by atoms with Crippen LogP contribution in [0.4, 0.5) is 0 Å². The number of hydrogen-bond acceptors (Lipinski definition) is 0. The van der Waals surface area contributed by atoms with Crippen molar-refractivity contribution in [2.45, 2.75) is 6.42 Å². The highest BCUT2D eigenvalue weighted by Crippen LogP contribution is 2.31. The van der Waals surface area contributed by atoms with E-state index in [-0.39, 0.29) is 0 Å². The van der Waals surface area contributed by atoms with Gasteiger partial charge in [0.2, 0.25) is 0 Å². The minimum absolute atomic E-state index is 0.960. The molecular formula is C29H20. The van der Waals surface area contributed by atoms with Crippen LogP contribution < -0.4 is 0 Å². The van der Waals surface area contributed by atoms with Gasteiger partial charge in [-0.05, 0) is 97.0 Å². The quantitative estimate of drug-likeness (QED) is 0.273. The fraction of sp³-hybridized carbons (Fsp3) is 0.0345. The lowest BCUT2D eigenvalue weighted by atomic mass is 9.94. The maximum Gasteiger partial charge on any atom is -0.00196 e. The maximum absolute atomic E-state index is 2.37. The first-order valence-corrected chi connectivity index (χ1v) is 10.2. The minimum atomic E-state index is 0.960. The van der Waals surface area contributed by atoms with Crippen LogP contribution in [0.5, 0.6) is 0 Å². The van der Waals surface area contributed by atoms with Gasteiger partial charge in [0.15, 0.2) is 0 Å². The van der Waals surface area contributed by atoms with Crippen molar-refractivity contribution in [1.82, 2.24) is 0 Å². The summed E-state index contributed by atoms with van der Waals surface area (Å²) in [5.41, 5.74) is 2.74. The van der Waals surface area contributed by atoms with Crippen molar-refractivity contribution in [2.75, 3.05) is 0 Å². The van der Waals surface area contributed by atoms with Gasteiger partial charge < -0.3 is 0 Å². The molecule has 136 valence electrons. The van der Waals surface area contributed by atoms with Crippen molar-refractivity contribution in [3.8, 4) is 0 Å². The summed E-state index contributed by atoms with van der Waals surface area (Å²) in [5, 5.41) is 10.5. The van der Waals surface area contributed by atoms with Crippen LogP contribution in [0.15, 0.2) is 109 Å². The van der Waals surface area contributed by atoms with Crippen LogP contribution >= 0.6 is 0 Å². The Morgan fingerprint density at radius 2 is 0.897 bits per heavy atom. The molecule has 0 aliphatic rings. The van der Waals surface area contributed by atoms with Gasteiger partial charge in [0.25, 0.3) is 0 Å². The summed E-state index contributed by atoms with van der Waals surface area (Å²) in [4.78, 5) is 0. The highest BCUT2D eigenvalue weighted by molar-refractivity contribution is 6.08. The van der Waals surface area contributed by atoms with E-state index in [1.165, 1.54) is 54.2 Å². The SMILES string of the molecule is c1ccc(Cc2cccc3cc4cc5cc6ccccc6cc5cc4cc23)cc1. The molecule has 0 radical (unpaired) electrons. The second kappa shape index (κ2) is 6.46. The second-order valence-corrected chi connectivity index (χ2v) is 7.90. The van der Waals surface area contributed by atoms with Crippen molar-refractivity contribution in [3.63, 3.8) is 0 Å². The third-order valence-electron chi connectivity index (χ3n) is 5.99. The molecule has 0 N–H and O–H groups in total. The van der Waals surface area contributed by atoms with Crippen LogP contribution in [0.25, 0.3) is 43.1 Å². The standard InChI is InChI=1S/C29H20/c1-2-7-20(8-3-1)13-23-11-6-12-24-16-27-17-25-14-21-9-4-5-10-22(21)15-26(25)18-28(27)19-29(23)24/h1-12,14-19H,13H2. The van der Waals surface area contributed by atoms with Crippen LogP contribution in [-0.4, -0.2) is 0 Å². The summed E-state index contributed by atoms with van der Waals surface area (Å²) in [6, 6.07) is 40.0. The Kier molecular flexibility index (Phi) is 3.64. The van der Waals surface area contributed by atoms with Crippen molar-refractivity contribution < 1.29 is 0 Å². The van der Waals surface area contributed by atoms with Gasteiger partial charge in [-0.25, -0.2) is 0 Å². The molecule has 0 saturated carbocycles. The smallest absolute Gasteiger partial charge is 0.00196 e. The summed E-state index contributed by atoms with van der Waals surface area (Å²) in [6.07, 6.45) is 0.960. The summed E-state index contributed by atoms with van der Waals surface area (Å²) >= 11 is 0. The molecule has 0 atom stereocenters. The van der Waals surface area contributed by atoms with E-state index in [4.69, 9.17) is 0 Å². The second-order valence-electron chi connectivity index (χ2n) is 7.90. The first-order chi connectivity index (χ1) is 14.3. The lowest BCUT2D eigenvalue weighted by Gasteiger charge is -2.10. The summed E-state index contributed by atoms with van der Waals surface area (Å²) in [7, 11) is 0. The van der Waals surface area contributed by atoms with Gasteiger partial charge in [0.1, 0.15) is 0 Å². The molecule has 0 bridgehead atoms. The molecule has 0 aliphatic heterocycles. The number of fused-ring (bicyclic) bond motifs is 4. The normalized spacial score (nSPS) is 11.6. The Labute approximate surface area is 170 Å². The van der Waals surface area contributed by atoms with Crippen molar-refractivity contribution in [3.05, 3.63) is 120 Å². The summed E-state index contributed by atoms with van der Waals surface area (Å²) < 4.78 is 0. The topological polar surface area (TPSA) is 0 Å². The van der Waals surface area contributed by atoms with E-state index >= 15 is 0 Å². The van der Waals surface area contributed by atoms with Gasteiger partial charge in [-0.15, -0.1) is 0 Å². The largest absolute Gasteiger partial charge is 0.0622 e. The van der Waals surface area contributed by atoms with Crippen LogP contribution in [-0.2, 0) is 6.42 Å². The van der Waals surface area contributed by atoms with E-state index in [1.807, 2.05) is 0 Å². The van der Waals surface area contributed by atoms with Gasteiger partial charge in [-0.3, -0.25) is 0 Å². The Hall–Kier alpha value is -3.64. The van der Waals surface area contributed by atoms with E-state index in [0.717, 1.165) is 6.42 Å². The van der Waals surface area contributed by atoms with E-state index < -0.39 is 0 Å². The zero-order valence-electron chi connectivity index (χ0n) is 16.1. The predicted octanol–water partition coefficient (Wildman–Crippen LogP) is 7.89. The van der Waals surface area contributed by atoms with Gasteiger partial charge in [0, 0.05) is 0 Å². The van der Waals surface area contributed by atoms with Gasteiger partial charge in [0.05, 0.1) is 0 Å². The maximum atomic E-state index is 2.37. The molecular weight excluding hydrogens is 348 g/mol. The molecule has 6 rings (SSSR count). The highest BCUT2D eigenvalue weighted by Gasteiger charge is 2.06. The number of hydrogen-bond donors (Lipinski definition) is 0. The molecule has 0 spiro atoms. The van der Waals surface area contributed by atoms with Crippen LogP contribution in [0.1, 0.15) is 11.1 Å². The molecule has 0 heterocycles. The average molecular weight is 368 g/mol. The Bertz CT molecular complexity index is 1510. The lowest BCUT2D eigenvalue weighted by Crippen LogP contribution is -1.90. The molecule has 0 heteroatoms. The zero-order chi connectivity index (χ0) is 19.2. The highest BCUT2D eigenvalue weighted by atomic mass is 14.1. The Morgan fingerprint density at radius 1 is 0.379 bits per heavy atom. The third-order valence-corrected chi connectivity index (χ3v) is 5.99. The lowest BCUT2D eigenvalue weighted by molar-refractivity contribution is 1.21. The summed E-state index contributed by atoms with van der Waals surface area (Å²) in [6.45, 7) is 0. The minimum Gasteiger partial charge on any atom is -0.0622 e. The molecule has 6 aromatic carbocycles. The molecule has 29 heavy (non-hydrogen) atoms.